The zero-order chi connectivity index (χ0) is 33.9. The molecule has 0 aromatic heterocycles. The lowest BCUT2D eigenvalue weighted by atomic mass is 9.98. The number of benzene rings is 4. The lowest BCUT2D eigenvalue weighted by Gasteiger charge is -2.39. The molecule has 4 aromatic carbocycles. The maximum Gasteiger partial charge on any atom is 0.303 e. The van der Waals surface area contributed by atoms with E-state index < -0.39 is 12.3 Å². The molecule has 0 aliphatic carbocycles. The van der Waals surface area contributed by atoms with Gasteiger partial charge in [0.2, 0.25) is 5.91 Å². The van der Waals surface area contributed by atoms with E-state index in [1.807, 2.05) is 48.5 Å². The first kappa shape index (κ1) is 35.0. The molecule has 4 atom stereocenters. The van der Waals surface area contributed by atoms with Gasteiger partial charge in [0.15, 0.2) is 6.29 Å². The van der Waals surface area contributed by atoms with Gasteiger partial charge in [0, 0.05) is 44.0 Å². The minimum absolute atomic E-state index is 0.00239. The highest BCUT2D eigenvalue weighted by Crippen LogP contribution is 2.39. The molecule has 4 aromatic rings. The summed E-state index contributed by atoms with van der Waals surface area (Å²) in [5.41, 5.74) is 7.19. The van der Waals surface area contributed by atoms with Crippen molar-refractivity contribution in [3.63, 3.8) is 0 Å². The largest absolute Gasteiger partial charge is 0.481 e. The molecular formula is C40H46N2O6. The fourth-order valence-electron chi connectivity index (χ4n) is 6.04. The molecule has 8 heteroatoms. The van der Waals surface area contributed by atoms with Crippen LogP contribution in [0.5, 0.6) is 0 Å². The Morgan fingerprint density at radius 2 is 1.54 bits per heavy atom. The Morgan fingerprint density at radius 1 is 0.833 bits per heavy atom. The normalized spacial score (nSPS) is 18.4. The van der Waals surface area contributed by atoms with Gasteiger partial charge in [-0.05, 0) is 66.3 Å². The number of hydrogen-bond donors (Lipinski definition) is 3. The molecule has 1 amide bonds. The number of amides is 1. The predicted octanol–water partition coefficient (Wildman–Crippen LogP) is 7.35. The third-order valence-electron chi connectivity index (χ3n) is 9.03. The van der Waals surface area contributed by atoms with Crippen LogP contribution in [0.4, 0.5) is 0 Å². The Kier molecular flexibility index (Phi) is 12.5. The van der Waals surface area contributed by atoms with Gasteiger partial charge in [-0.1, -0.05) is 97.1 Å². The SMILES string of the molecule is C[C@@H](c1ccccc1)N(C)C[C@H]1C[C@@H](c2ccc(CO)cc2)O[C@@H](c2ccc(-c3cccc(CNC(=O)CCCCC(=O)O)c3)cc2)O1. The number of rotatable bonds is 15. The summed E-state index contributed by atoms with van der Waals surface area (Å²) in [6.45, 7) is 3.37. The molecule has 3 N–H and O–H groups in total. The second kappa shape index (κ2) is 17.2. The summed E-state index contributed by atoms with van der Waals surface area (Å²) >= 11 is 0. The van der Waals surface area contributed by atoms with Gasteiger partial charge in [-0.3, -0.25) is 14.5 Å². The van der Waals surface area contributed by atoms with Crippen molar-refractivity contribution in [1.29, 1.82) is 0 Å². The van der Waals surface area contributed by atoms with Gasteiger partial charge in [-0.25, -0.2) is 0 Å². The third-order valence-corrected chi connectivity index (χ3v) is 9.03. The van der Waals surface area contributed by atoms with Gasteiger partial charge in [-0.2, -0.15) is 0 Å². The van der Waals surface area contributed by atoms with Crippen molar-refractivity contribution in [2.45, 2.75) is 76.7 Å². The van der Waals surface area contributed by atoms with Crippen LogP contribution in [0.15, 0.2) is 103 Å². The van der Waals surface area contributed by atoms with Crippen LogP contribution in [0.25, 0.3) is 11.1 Å². The average molecular weight is 651 g/mol. The summed E-state index contributed by atoms with van der Waals surface area (Å²) in [7, 11) is 2.13. The van der Waals surface area contributed by atoms with Crippen molar-refractivity contribution in [3.05, 3.63) is 131 Å². The molecule has 1 saturated heterocycles. The second-order valence-electron chi connectivity index (χ2n) is 12.6. The molecule has 1 aliphatic rings. The molecule has 0 unspecified atom stereocenters. The maximum atomic E-state index is 12.2. The van der Waals surface area contributed by atoms with Crippen LogP contribution < -0.4 is 5.32 Å². The standard InChI is InChI=1S/C40H46N2O6/c1-28(31-10-4-3-5-11-31)42(2)26-36-24-37(33-17-15-29(27-43)16-18-33)48-40(47-36)34-21-19-32(20-22-34)35-12-8-9-30(23-35)25-41-38(44)13-6-7-14-39(45)46/h3-5,8-12,15-23,28,36-37,40,43H,6-7,13-14,24-27H2,1-2H3,(H,41,44)(H,45,46)/t28-,36+,37-,40-/m0/s1. The van der Waals surface area contributed by atoms with E-state index in [9.17, 15) is 14.7 Å². The van der Waals surface area contributed by atoms with Crippen LogP contribution in [-0.2, 0) is 32.2 Å². The first-order chi connectivity index (χ1) is 23.3. The van der Waals surface area contributed by atoms with Gasteiger partial charge in [0.05, 0.1) is 18.8 Å². The number of nitrogens with one attached hydrogen (secondary N) is 1. The molecule has 1 fully saturated rings. The number of nitrogens with zero attached hydrogens (tertiary/aromatic N) is 1. The lowest BCUT2D eigenvalue weighted by molar-refractivity contribution is -0.253. The van der Waals surface area contributed by atoms with E-state index in [2.05, 4.69) is 78.8 Å². The van der Waals surface area contributed by atoms with E-state index in [1.54, 1.807) is 0 Å². The highest BCUT2D eigenvalue weighted by Gasteiger charge is 2.33. The third kappa shape index (κ3) is 9.84. The fraction of sp³-hybridized carbons (Fsp3) is 0.350. The topological polar surface area (TPSA) is 108 Å². The second-order valence-corrected chi connectivity index (χ2v) is 12.6. The zero-order valence-corrected chi connectivity index (χ0v) is 27.8. The van der Waals surface area contributed by atoms with E-state index in [0.29, 0.717) is 32.2 Å². The van der Waals surface area contributed by atoms with E-state index in [1.165, 1.54) is 5.56 Å². The van der Waals surface area contributed by atoms with Crippen LogP contribution >= 0.6 is 0 Å². The van der Waals surface area contributed by atoms with Gasteiger partial charge in [-0.15, -0.1) is 0 Å². The summed E-state index contributed by atoms with van der Waals surface area (Å²) in [5.74, 6) is -0.918. The van der Waals surface area contributed by atoms with Crippen molar-refractivity contribution >= 4 is 11.9 Å². The van der Waals surface area contributed by atoms with Gasteiger partial charge in [0.25, 0.3) is 0 Å². The zero-order valence-electron chi connectivity index (χ0n) is 27.8. The van der Waals surface area contributed by atoms with Gasteiger partial charge in [0.1, 0.15) is 0 Å². The molecule has 48 heavy (non-hydrogen) atoms. The number of carboxylic acids is 1. The van der Waals surface area contributed by atoms with Crippen molar-refractivity contribution in [1.82, 2.24) is 10.2 Å². The number of aliphatic hydroxyl groups is 1. The van der Waals surface area contributed by atoms with Crippen LogP contribution in [0.2, 0.25) is 0 Å². The first-order valence-corrected chi connectivity index (χ1v) is 16.7. The average Bonchev–Trinajstić information content (AvgIpc) is 3.12. The van der Waals surface area contributed by atoms with E-state index in [4.69, 9.17) is 14.6 Å². The summed E-state index contributed by atoms with van der Waals surface area (Å²) < 4.78 is 13.2. The van der Waals surface area contributed by atoms with E-state index in [0.717, 1.165) is 39.9 Å². The molecule has 0 bridgehead atoms. The summed E-state index contributed by atoms with van der Waals surface area (Å²) in [5, 5.41) is 21.3. The van der Waals surface area contributed by atoms with Crippen molar-refractivity contribution in [3.8, 4) is 11.1 Å². The summed E-state index contributed by atoms with van der Waals surface area (Å²) in [4.78, 5) is 25.2. The molecular weight excluding hydrogens is 604 g/mol. The molecule has 0 radical (unpaired) electrons. The number of carboxylic acid groups (broad SMARTS) is 1. The van der Waals surface area contributed by atoms with Gasteiger partial charge >= 0.3 is 5.97 Å². The van der Waals surface area contributed by atoms with Gasteiger partial charge < -0.3 is 25.0 Å². The Hall–Kier alpha value is -4.34. The quantitative estimate of drug-likeness (QED) is 0.116. The molecule has 252 valence electrons. The first-order valence-electron chi connectivity index (χ1n) is 16.7. The lowest BCUT2D eigenvalue weighted by Crippen LogP contribution is -2.38. The molecule has 0 saturated carbocycles. The monoisotopic (exact) mass is 650 g/mol. The Morgan fingerprint density at radius 3 is 2.25 bits per heavy atom. The van der Waals surface area contributed by atoms with Crippen molar-refractivity contribution in [2.75, 3.05) is 13.6 Å². The van der Waals surface area contributed by atoms with E-state index >= 15 is 0 Å². The van der Waals surface area contributed by atoms with Crippen molar-refractivity contribution < 1.29 is 29.3 Å². The smallest absolute Gasteiger partial charge is 0.303 e. The number of carbonyl (C=O) groups excluding carboxylic acids is 1. The molecule has 1 heterocycles. The highest BCUT2D eigenvalue weighted by molar-refractivity contribution is 5.76. The number of likely N-dealkylation sites (N-methyl/N-ethyl adjacent to an activating group) is 1. The minimum atomic E-state index is -0.838. The van der Waals surface area contributed by atoms with Crippen molar-refractivity contribution in [2.24, 2.45) is 0 Å². The number of aliphatic hydroxyl groups excluding tert-OH is 1. The summed E-state index contributed by atoms with van der Waals surface area (Å²) in [6, 6.07) is 35.0. The molecule has 1 aliphatic heterocycles. The fourth-order valence-corrected chi connectivity index (χ4v) is 6.04. The maximum absolute atomic E-state index is 12.2. The molecule has 8 nitrogen and oxygen atoms in total. The highest BCUT2D eigenvalue weighted by atomic mass is 16.7. The predicted molar refractivity (Wildman–Crippen MR) is 186 cm³/mol. The number of aliphatic carboxylic acids is 1. The Balaban J connectivity index is 1.26. The molecule has 5 rings (SSSR count). The van der Waals surface area contributed by atoms with Crippen LogP contribution in [0, 0.1) is 0 Å². The Labute approximate surface area is 283 Å². The van der Waals surface area contributed by atoms with E-state index in [-0.39, 0.29) is 37.2 Å². The number of ether oxygens (including phenoxy) is 2. The van der Waals surface area contributed by atoms with Crippen LogP contribution in [-0.4, -0.2) is 46.7 Å². The summed E-state index contributed by atoms with van der Waals surface area (Å²) in [6.07, 6.45) is 1.39. The molecule has 0 spiro atoms. The Bertz CT molecular complexity index is 1610. The number of unbranched alkanes of at least 4 members (excludes halogenated alkanes) is 1. The minimum Gasteiger partial charge on any atom is -0.481 e. The van der Waals surface area contributed by atoms with Crippen LogP contribution in [0.1, 0.15) is 85.3 Å². The number of carbonyl (C=O) groups is 2. The number of hydrogen-bond acceptors (Lipinski definition) is 6. The van der Waals surface area contributed by atoms with Crippen LogP contribution in [0.3, 0.4) is 0 Å².